The summed E-state index contributed by atoms with van der Waals surface area (Å²) in [5, 5.41) is 3.13. The average Bonchev–Trinajstić information content (AvgIpc) is 2.25. The summed E-state index contributed by atoms with van der Waals surface area (Å²) in [4.78, 5) is 2.46. The van der Waals surface area contributed by atoms with Gasteiger partial charge in [-0.05, 0) is 23.7 Å². The highest BCUT2D eigenvalue weighted by Crippen LogP contribution is 2.30. The molecule has 0 saturated heterocycles. The van der Waals surface area contributed by atoms with Gasteiger partial charge in [0.1, 0.15) is 0 Å². The maximum absolute atomic E-state index is 12.4. The van der Waals surface area contributed by atoms with E-state index >= 15 is 0 Å². The average molecular weight is 240 g/mol. The maximum atomic E-state index is 12.4. The van der Waals surface area contributed by atoms with Gasteiger partial charge in [-0.25, -0.2) is 0 Å². The Morgan fingerprint density at radius 2 is 2.12 bits per heavy atom. The number of halogens is 3. The van der Waals surface area contributed by atoms with Gasteiger partial charge < -0.3 is 5.73 Å². The van der Waals surface area contributed by atoms with Crippen LogP contribution in [0.3, 0.4) is 0 Å². The molecule has 0 aliphatic carbocycles. The van der Waals surface area contributed by atoms with Gasteiger partial charge in [0.05, 0.1) is 12.1 Å². The van der Waals surface area contributed by atoms with Gasteiger partial charge in [-0.2, -0.15) is 13.2 Å². The Labute approximate surface area is 94.9 Å². The van der Waals surface area contributed by atoms with Crippen LogP contribution in [-0.2, 0) is 6.18 Å². The number of hydrogen-bond acceptors (Lipinski definition) is 2. The van der Waals surface area contributed by atoms with E-state index in [1.807, 2.05) is 0 Å². The largest absolute Gasteiger partial charge is 0.416 e. The van der Waals surface area contributed by atoms with Crippen molar-refractivity contribution in [2.45, 2.75) is 6.18 Å². The Morgan fingerprint density at radius 3 is 2.71 bits per heavy atom. The first-order valence-electron chi connectivity index (χ1n) is 4.41. The van der Waals surface area contributed by atoms with Gasteiger partial charge in [-0.1, -0.05) is 17.0 Å². The Morgan fingerprint density at radius 1 is 1.41 bits per heavy atom. The van der Waals surface area contributed by atoms with Crippen LogP contribution in [0.15, 0.2) is 23.3 Å². The minimum absolute atomic E-state index is 0.0629. The van der Waals surface area contributed by atoms with Crippen molar-refractivity contribution in [3.8, 4) is 11.8 Å². The second kappa shape index (κ2) is 5.14. The van der Waals surface area contributed by atoms with E-state index in [1.54, 1.807) is 0 Å². The van der Waals surface area contributed by atoms with Gasteiger partial charge in [-0.3, -0.25) is 0 Å². The minimum atomic E-state index is -4.44. The van der Waals surface area contributed by atoms with E-state index in [-0.39, 0.29) is 17.8 Å². The number of nitrogens with zero attached hydrogens (tertiary/aromatic N) is 3. The number of anilines is 1. The highest BCUT2D eigenvalue weighted by molar-refractivity contribution is 5.57. The molecule has 0 heterocycles. The third-order valence-corrected chi connectivity index (χ3v) is 1.82. The molecule has 0 aromatic heterocycles. The van der Waals surface area contributed by atoms with Crippen molar-refractivity contribution in [1.29, 1.82) is 0 Å². The first kappa shape index (κ1) is 12.7. The van der Waals surface area contributed by atoms with Gasteiger partial charge in [0.25, 0.3) is 0 Å². The van der Waals surface area contributed by atoms with Crippen LogP contribution in [-0.4, -0.2) is 6.54 Å². The molecule has 1 rings (SSSR count). The minimum Gasteiger partial charge on any atom is -0.398 e. The smallest absolute Gasteiger partial charge is 0.398 e. The summed E-state index contributed by atoms with van der Waals surface area (Å²) >= 11 is 0. The molecule has 0 aliphatic rings. The van der Waals surface area contributed by atoms with Gasteiger partial charge in [-0.15, -0.1) is 0 Å². The number of benzene rings is 1. The summed E-state index contributed by atoms with van der Waals surface area (Å²) in [5.41, 5.74) is 12.8. The van der Waals surface area contributed by atoms with E-state index in [0.717, 1.165) is 18.2 Å². The van der Waals surface area contributed by atoms with Crippen LogP contribution in [0.2, 0.25) is 0 Å². The number of nitrogen functional groups attached to an aromatic ring is 1. The quantitative estimate of drug-likeness (QED) is 0.264. The van der Waals surface area contributed by atoms with Crippen molar-refractivity contribution >= 4 is 5.69 Å². The van der Waals surface area contributed by atoms with Crippen molar-refractivity contribution < 1.29 is 13.2 Å². The Hall–Kier alpha value is -2.32. The number of hydrogen-bond donors (Lipinski definition) is 1. The van der Waals surface area contributed by atoms with Crippen LogP contribution >= 0.6 is 0 Å². The lowest BCUT2D eigenvalue weighted by molar-refractivity contribution is -0.137. The van der Waals surface area contributed by atoms with Crippen LogP contribution in [0.1, 0.15) is 11.1 Å². The van der Waals surface area contributed by atoms with Crippen molar-refractivity contribution in [1.82, 2.24) is 0 Å². The summed E-state index contributed by atoms with van der Waals surface area (Å²) in [5.74, 6) is 4.82. The molecule has 7 heteroatoms. The molecule has 17 heavy (non-hydrogen) atoms. The van der Waals surface area contributed by atoms with Gasteiger partial charge >= 0.3 is 6.18 Å². The van der Waals surface area contributed by atoms with Crippen LogP contribution in [0.4, 0.5) is 18.9 Å². The SMILES string of the molecule is [N-]=[N+]=NCC#Cc1cc(C(F)(F)F)ccc1N. The van der Waals surface area contributed by atoms with E-state index in [4.69, 9.17) is 11.3 Å². The highest BCUT2D eigenvalue weighted by atomic mass is 19.4. The Kier molecular flexibility index (Phi) is 3.86. The molecular weight excluding hydrogens is 233 g/mol. The molecule has 0 aliphatic heterocycles. The first-order valence-corrected chi connectivity index (χ1v) is 4.41. The van der Waals surface area contributed by atoms with E-state index in [2.05, 4.69) is 21.9 Å². The van der Waals surface area contributed by atoms with Crippen molar-refractivity contribution in [2.24, 2.45) is 5.11 Å². The molecule has 0 fully saturated rings. The van der Waals surface area contributed by atoms with Crippen molar-refractivity contribution in [2.75, 3.05) is 12.3 Å². The summed E-state index contributed by atoms with van der Waals surface area (Å²) in [7, 11) is 0. The maximum Gasteiger partial charge on any atom is 0.416 e. The third kappa shape index (κ3) is 3.63. The normalized spacial score (nSPS) is 10.1. The summed E-state index contributed by atoms with van der Waals surface area (Å²) in [6, 6.07) is 2.88. The molecule has 88 valence electrons. The lowest BCUT2D eigenvalue weighted by Crippen LogP contribution is -2.06. The highest BCUT2D eigenvalue weighted by Gasteiger charge is 2.30. The second-order valence-corrected chi connectivity index (χ2v) is 2.99. The molecule has 0 spiro atoms. The third-order valence-electron chi connectivity index (χ3n) is 1.82. The van der Waals surface area contributed by atoms with Gasteiger partial charge in [0.2, 0.25) is 0 Å². The number of nitrogens with two attached hydrogens (primary N) is 1. The van der Waals surface area contributed by atoms with Crippen molar-refractivity contribution in [3.63, 3.8) is 0 Å². The molecule has 0 unspecified atom stereocenters. The monoisotopic (exact) mass is 240 g/mol. The molecule has 2 N–H and O–H groups in total. The zero-order chi connectivity index (χ0) is 12.9. The van der Waals surface area contributed by atoms with E-state index in [0.29, 0.717) is 0 Å². The number of alkyl halides is 3. The standard InChI is InChI=1S/C10H7F3N4/c11-10(12,13)8-3-4-9(14)7(6-8)2-1-5-16-17-15/h3-4,6H,5,14H2. The Balaban J connectivity index is 3.05. The van der Waals surface area contributed by atoms with Gasteiger partial charge in [0, 0.05) is 16.2 Å². The molecule has 0 amide bonds. The van der Waals surface area contributed by atoms with Crippen LogP contribution in [0.5, 0.6) is 0 Å². The molecule has 0 bridgehead atoms. The topological polar surface area (TPSA) is 74.8 Å². The zero-order valence-electron chi connectivity index (χ0n) is 8.49. The van der Waals surface area contributed by atoms with E-state index in [9.17, 15) is 13.2 Å². The summed E-state index contributed by atoms with van der Waals surface area (Å²) in [6.45, 7) is -0.119. The zero-order valence-corrected chi connectivity index (χ0v) is 8.49. The molecule has 0 saturated carbocycles. The molecular formula is C10H7F3N4. The fraction of sp³-hybridized carbons (Fsp3) is 0.200. The van der Waals surface area contributed by atoms with Crippen LogP contribution < -0.4 is 5.73 Å². The van der Waals surface area contributed by atoms with E-state index < -0.39 is 11.7 Å². The Bertz CT molecular complexity index is 519. The van der Waals surface area contributed by atoms with Gasteiger partial charge in [0.15, 0.2) is 0 Å². The lowest BCUT2D eigenvalue weighted by atomic mass is 10.1. The number of rotatable bonds is 1. The van der Waals surface area contributed by atoms with Crippen molar-refractivity contribution in [3.05, 3.63) is 39.8 Å². The fourth-order valence-electron chi connectivity index (χ4n) is 1.04. The first-order chi connectivity index (χ1) is 7.95. The van der Waals surface area contributed by atoms with Crippen LogP contribution in [0.25, 0.3) is 10.4 Å². The second-order valence-electron chi connectivity index (χ2n) is 2.99. The lowest BCUT2D eigenvalue weighted by Gasteiger charge is -2.07. The molecule has 1 aromatic carbocycles. The van der Waals surface area contributed by atoms with E-state index in [1.165, 1.54) is 0 Å². The molecule has 0 radical (unpaired) electrons. The fourth-order valence-corrected chi connectivity index (χ4v) is 1.04. The molecule has 1 aromatic rings. The molecule has 0 atom stereocenters. The summed E-state index contributed by atoms with van der Waals surface area (Å²) in [6.07, 6.45) is -4.44. The molecule has 4 nitrogen and oxygen atoms in total. The van der Waals surface area contributed by atoms with Crippen LogP contribution in [0, 0.1) is 11.8 Å². The summed E-state index contributed by atoms with van der Waals surface area (Å²) < 4.78 is 37.2. The predicted molar refractivity (Wildman–Crippen MR) is 56.7 cm³/mol. The number of azide groups is 1. The predicted octanol–water partition coefficient (Wildman–Crippen LogP) is 2.95.